The van der Waals surface area contributed by atoms with E-state index in [-0.39, 0.29) is 10.9 Å². The lowest BCUT2D eigenvalue weighted by Crippen LogP contribution is -2.36. The molecule has 1 aromatic heterocycles. The van der Waals surface area contributed by atoms with E-state index in [4.69, 9.17) is 5.73 Å². The van der Waals surface area contributed by atoms with Gasteiger partial charge in [-0.2, -0.15) is 4.31 Å². The summed E-state index contributed by atoms with van der Waals surface area (Å²) in [4.78, 5) is 4.09. The van der Waals surface area contributed by atoms with Crippen LogP contribution in [-0.4, -0.2) is 41.9 Å². The van der Waals surface area contributed by atoms with Crippen molar-refractivity contribution in [2.45, 2.75) is 25.8 Å². The molecule has 0 fully saturated rings. The highest BCUT2D eigenvalue weighted by Crippen LogP contribution is 2.15. The summed E-state index contributed by atoms with van der Waals surface area (Å²) in [6, 6.07) is 0. The summed E-state index contributed by atoms with van der Waals surface area (Å²) in [5.74, 6) is 0.807. The van der Waals surface area contributed by atoms with Crippen LogP contribution in [-0.2, 0) is 17.1 Å². The molecule has 0 aromatic carbocycles. The van der Waals surface area contributed by atoms with Crippen molar-refractivity contribution in [1.29, 1.82) is 0 Å². The Morgan fingerprint density at radius 2 is 2.17 bits per heavy atom. The van der Waals surface area contributed by atoms with E-state index in [1.54, 1.807) is 24.7 Å². The van der Waals surface area contributed by atoms with E-state index in [1.165, 1.54) is 4.31 Å². The molecule has 0 aliphatic rings. The first-order chi connectivity index (χ1) is 8.32. The summed E-state index contributed by atoms with van der Waals surface area (Å²) < 4.78 is 27.9. The van der Waals surface area contributed by atoms with Gasteiger partial charge in [-0.3, -0.25) is 0 Å². The van der Waals surface area contributed by atoms with Gasteiger partial charge in [0.15, 0.2) is 5.03 Å². The predicted molar refractivity (Wildman–Crippen MR) is 70.6 cm³/mol. The van der Waals surface area contributed by atoms with Crippen molar-refractivity contribution < 1.29 is 8.42 Å². The Bertz CT molecular complexity index is 476. The molecule has 2 N–H and O–H groups in total. The van der Waals surface area contributed by atoms with Crippen molar-refractivity contribution in [2.24, 2.45) is 18.7 Å². The van der Waals surface area contributed by atoms with Crippen molar-refractivity contribution in [3.05, 3.63) is 12.0 Å². The molecule has 1 aromatic rings. The van der Waals surface area contributed by atoms with Crippen LogP contribution >= 0.6 is 0 Å². The molecule has 0 saturated heterocycles. The second kappa shape index (κ2) is 5.81. The fraction of sp³-hybridized carbons (Fsp3) is 0.727. The SMILES string of the molecule is CCN(CC(C)CN)S(=O)(=O)c1cn(C)c(C)n1. The number of rotatable bonds is 6. The number of nitrogens with two attached hydrogens (primary N) is 1. The minimum atomic E-state index is -3.51. The lowest BCUT2D eigenvalue weighted by atomic mass is 10.2. The fourth-order valence-corrected chi connectivity index (χ4v) is 3.20. The monoisotopic (exact) mass is 274 g/mol. The van der Waals surface area contributed by atoms with Gasteiger partial charge in [-0.25, -0.2) is 13.4 Å². The molecule has 7 heteroatoms. The molecule has 18 heavy (non-hydrogen) atoms. The van der Waals surface area contributed by atoms with Gasteiger partial charge in [-0.15, -0.1) is 0 Å². The Balaban J connectivity index is 3.03. The molecular formula is C11H22N4O2S. The van der Waals surface area contributed by atoms with Gasteiger partial charge in [-0.05, 0) is 19.4 Å². The molecule has 1 heterocycles. The highest BCUT2D eigenvalue weighted by Gasteiger charge is 2.27. The first kappa shape index (κ1) is 15.1. The third-order valence-corrected chi connectivity index (χ3v) is 4.77. The maximum Gasteiger partial charge on any atom is 0.262 e. The molecule has 0 bridgehead atoms. The van der Waals surface area contributed by atoms with Crippen molar-refractivity contribution in [3.63, 3.8) is 0 Å². The van der Waals surface area contributed by atoms with Crippen LogP contribution in [0.2, 0.25) is 0 Å². The van der Waals surface area contributed by atoms with Gasteiger partial charge >= 0.3 is 0 Å². The molecule has 0 aliphatic carbocycles. The van der Waals surface area contributed by atoms with Gasteiger partial charge in [0.2, 0.25) is 0 Å². The number of aryl methyl sites for hydroxylation is 2. The lowest BCUT2D eigenvalue weighted by Gasteiger charge is -2.22. The van der Waals surface area contributed by atoms with Crippen molar-refractivity contribution in [2.75, 3.05) is 19.6 Å². The molecule has 0 aliphatic heterocycles. The van der Waals surface area contributed by atoms with E-state index in [9.17, 15) is 8.42 Å². The van der Waals surface area contributed by atoms with Crippen molar-refractivity contribution in [1.82, 2.24) is 13.9 Å². The van der Waals surface area contributed by atoms with Crippen molar-refractivity contribution >= 4 is 10.0 Å². The summed E-state index contributed by atoms with van der Waals surface area (Å²) in [6.45, 7) is 6.83. The van der Waals surface area contributed by atoms with Gasteiger partial charge in [0.05, 0.1) is 0 Å². The van der Waals surface area contributed by atoms with Gasteiger partial charge in [0.1, 0.15) is 5.82 Å². The number of hydrogen-bond donors (Lipinski definition) is 1. The van der Waals surface area contributed by atoms with Crippen LogP contribution in [0.5, 0.6) is 0 Å². The smallest absolute Gasteiger partial charge is 0.262 e. The van der Waals surface area contributed by atoms with E-state index >= 15 is 0 Å². The fourth-order valence-electron chi connectivity index (χ4n) is 1.60. The number of aromatic nitrogens is 2. The Morgan fingerprint density at radius 1 is 1.56 bits per heavy atom. The number of hydrogen-bond acceptors (Lipinski definition) is 4. The average Bonchev–Trinajstić information content (AvgIpc) is 2.66. The largest absolute Gasteiger partial charge is 0.337 e. The molecule has 0 spiro atoms. The van der Waals surface area contributed by atoms with Gasteiger partial charge < -0.3 is 10.3 Å². The molecule has 0 radical (unpaired) electrons. The second-order valence-corrected chi connectivity index (χ2v) is 6.42. The van der Waals surface area contributed by atoms with E-state index in [1.807, 2.05) is 13.8 Å². The Morgan fingerprint density at radius 3 is 2.56 bits per heavy atom. The van der Waals surface area contributed by atoms with Crippen LogP contribution in [0, 0.1) is 12.8 Å². The van der Waals surface area contributed by atoms with Gasteiger partial charge in [0, 0.05) is 26.3 Å². The lowest BCUT2D eigenvalue weighted by molar-refractivity contribution is 0.370. The first-order valence-electron chi connectivity index (χ1n) is 6.03. The molecule has 6 nitrogen and oxygen atoms in total. The first-order valence-corrected chi connectivity index (χ1v) is 7.47. The maximum absolute atomic E-state index is 12.4. The number of nitrogens with zero attached hydrogens (tertiary/aromatic N) is 3. The highest BCUT2D eigenvalue weighted by molar-refractivity contribution is 7.89. The van der Waals surface area contributed by atoms with Crippen LogP contribution < -0.4 is 5.73 Å². The van der Waals surface area contributed by atoms with Crippen molar-refractivity contribution in [3.8, 4) is 0 Å². The quantitative estimate of drug-likeness (QED) is 0.810. The zero-order chi connectivity index (χ0) is 13.9. The van der Waals surface area contributed by atoms with Crippen LogP contribution in [0.25, 0.3) is 0 Å². The Kier molecular flexibility index (Phi) is 4.89. The van der Waals surface area contributed by atoms with E-state index in [0.29, 0.717) is 25.5 Å². The third-order valence-electron chi connectivity index (χ3n) is 2.96. The maximum atomic E-state index is 12.4. The summed E-state index contributed by atoms with van der Waals surface area (Å²) >= 11 is 0. The van der Waals surface area contributed by atoms with E-state index in [0.717, 1.165) is 0 Å². The summed E-state index contributed by atoms with van der Waals surface area (Å²) in [6.07, 6.45) is 1.54. The minimum Gasteiger partial charge on any atom is -0.337 e. The number of imidazole rings is 1. The molecule has 1 rings (SSSR count). The number of sulfonamides is 1. The van der Waals surface area contributed by atoms with Crippen LogP contribution in [0.15, 0.2) is 11.2 Å². The average molecular weight is 274 g/mol. The standard InChI is InChI=1S/C11H22N4O2S/c1-5-15(7-9(2)6-12)18(16,17)11-8-14(4)10(3)13-11/h8-9H,5-7,12H2,1-4H3. The molecule has 0 amide bonds. The van der Waals surface area contributed by atoms with E-state index in [2.05, 4.69) is 4.98 Å². The molecule has 1 unspecified atom stereocenters. The minimum absolute atomic E-state index is 0.105. The Labute approximate surface area is 109 Å². The zero-order valence-electron chi connectivity index (χ0n) is 11.4. The Hall–Kier alpha value is -0.920. The summed E-state index contributed by atoms with van der Waals surface area (Å²) in [5.41, 5.74) is 5.54. The second-order valence-electron chi connectivity index (χ2n) is 4.53. The van der Waals surface area contributed by atoms with Crippen LogP contribution in [0.1, 0.15) is 19.7 Å². The molecule has 1 atom stereocenters. The zero-order valence-corrected chi connectivity index (χ0v) is 12.2. The van der Waals surface area contributed by atoms with Gasteiger partial charge in [0.25, 0.3) is 10.0 Å². The molecule has 104 valence electrons. The van der Waals surface area contributed by atoms with Crippen LogP contribution in [0.4, 0.5) is 0 Å². The summed E-state index contributed by atoms with van der Waals surface area (Å²) in [5, 5.41) is 0.105. The van der Waals surface area contributed by atoms with Crippen LogP contribution in [0.3, 0.4) is 0 Å². The highest BCUT2D eigenvalue weighted by atomic mass is 32.2. The van der Waals surface area contributed by atoms with Gasteiger partial charge in [-0.1, -0.05) is 13.8 Å². The third kappa shape index (κ3) is 3.09. The molecular weight excluding hydrogens is 252 g/mol. The normalized spacial score (nSPS) is 14.1. The molecule has 0 saturated carbocycles. The van der Waals surface area contributed by atoms with E-state index < -0.39 is 10.0 Å². The summed E-state index contributed by atoms with van der Waals surface area (Å²) in [7, 11) is -1.73. The predicted octanol–water partition coefficient (Wildman–Crippen LogP) is 0.334. The topological polar surface area (TPSA) is 81.2 Å².